The quantitative estimate of drug-likeness (QED) is 0.787. The van der Waals surface area contributed by atoms with Crippen molar-refractivity contribution in [2.75, 3.05) is 0 Å². The predicted molar refractivity (Wildman–Crippen MR) is 92.9 cm³/mol. The molecule has 0 spiro atoms. The first-order valence-electron chi connectivity index (χ1n) is 8.08. The van der Waals surface area contributed by atoms with E-state index in [0.717, 1.165) is 5.69 Å². The van der Waals surface area contributed by atoms with Crippen molar-refractivity contribution in [3.05, 3.63) is 64.4 Å². The molecule has 0 saturated carbocycles. The van der Waals surface area contributed by atoms with Gasteiger partial charge >= 0.3 is 0 Å². The molecule has 118 valence electrons. The zero-order valence-electron chi connectivity index (χ0n) is 13.1. The lowest BCUT2D eigenvalue weighted by Crippen LogP contribution is -2.27. The predicted octanol–water partition coefficient (Wildman–Crippen LogP) is 4.06. The Bertz CT molecular complexity index is 761. The molecule has 2 heterocycles. The van der Waals surface area contributed by atoms with Crippen LogP contribution in [0.15, 0.2) is 48.4 Å². The Kier molecular flexibility index (Phi) is 3.97. The first-order chi connectivity index (χ1) is 11.3. The second-order valence-electron chi connectivity index (χ2n) is 6.06. The van der Waals surface area contributed by atoms with E-state index in [0.29, 0.717) is 12.1 Å². The monoisotopic (exact) mass is 324 g/mol. The molecule has 0 unspecified atom stereocenters. The Morgan fingerprint density at radius 1 is 1.26 bits per heavy atom. The van der Waals surface area contributed by atoms with Crippen LogP contribution in [0.4, 0.5) is 0 Å². The molecule has 2 atom stereocenters. The Morgan fingerprint density at radius 2 is 2.13 bits per heavy atom. The molecule has 0 aliphatic heterocycles. The fourth-order valence-electron chi connectivity index (χ4n) is 3.31. The summed E-state index contributed by atoms with van der Waals surface area (Å²) in [5.74, 6) is 0. The molecule has 1 N–H and O–H groups in total. The van der Waals surface area contributed by atoms with Crippen LogP contribution in [0, 0.1) is 0 Å². The maximum Gasteiger partial charge on any atom is 0.138 e. The molecule has 1 aliphatic carbocycles. The van der Waals surface area contributed by atoms with Gasteiger partial charge in [-0.3, -0.25) is 0 Å². The number of nitrogens with zero attached hydrogens (tertiary/aromatic N) is 3. The van der Waals surface area contributed by atoms with E-state index in [2.05, 4.69) is 58.0 Å². The molecular formula is C18H20N4S. The molecule has 0 saturated heterocycles. The second-order valence-corrected chi connectivity index (χ2v) is 7.06. The summed E-state index contributed by atoms with van der Waals surface area (Å²) in [6.45, 7) is 2.24. The third kappa shape index (κ3) is 2.94. The van der Waals surface area contributed by atoms with Crippen LogP contribution in [0.25, 0.3) is 5.69 Å². The Hall–Kier alpha value is -1.98. The van der Waals surface area contributed by atoms with Crippen molar-refractivity contribution >= 4 is 11.3 Å². The van der Waals surface area contributed by atoms with Crippen LogP contribution in [-0.4, -0.2) is 14.8 Å². The highest BCUT2D eigenvalue weighted by molar-refractivity contribution is 7.10. The minimum absolute atomic E-state index is 0.329. The molecule has 0 amide bonds. The van der Waals surface area contributed by atoms with Crippen molar-refractivity contribution in [2.45, 2.75) is 38.3 Å². The molecule has 1 aromatic carbocycles. The van der Waals surface area contributed by atoms with Gasteiger partial charge in [0.15, 0.2) is 0 Å². The summed E-state index contributed by atoms with van der Waals surface area (Å²) in [4.78, 5) is 5.55. The van der Waals surface area contributed by atoms with E-state index in [-0.39, 0.29) is 0 Å². The summed E-state index contributed by atoms with van der Waals surface area (Å²) in [5.41, 5.74) is 3.85. The number of aromatic nitrogens is 3. The minimum atomic E-state index is 0.329. The topological polar surface area (TPSA) is 42.7 Å². The lowest BCUT2D eigenvalue weighted by Gasteiger charge is -2.27. The summed E-state index contributed by atoms with van der Waals surface area (Å²) in [6.07, 6.45) is 7.02. The number of hydrogen-bond donors (Lipinski definition) is 1. The van der Waals surface area contributed by atoms with E-state index in [1.54, 1.807) is 22.2 Å². The van der Waals surface area contributed by atoms with Gasteiger partial charge in [-0.1, -0.05) is 12.1 Å². The first kappa shape index (κ1) is 14.6. The number of thiophene rings is 1. The van der Waals surface area contributed by atoms with Gasteiger partial charge in [-0.25, -0.2) is 9.67 Å². The number of hydrogen-bond acceptors (Lipinski definition) is 4. The summed E-state index contributed by atoms with van der Waals surface area (Å²) in [7, 11) is 0. The molecule has 0 bridgehead atoms. The van der Waals surface area contributed by atoms with Crippen LogP contribution < -0.4 is 5.32 Å². The van der Waals surface area contributed by atoms with Crippen molar-refractivity contribution in [1.29, 1.82) is 0 Å². The Balaban J connectivity index is 1.49. The molecule has 2 aromatic heterocycles. The standard InChI is InChI=1S/C18H20N4S/c1-13(21-17-3-2-4-18-16(17)9-10-23-18)14-5-7-15(8-6-14)22-12-19-11-20-22/h5-13,17,21H,2-4H2,1H3/t13-,17+/m0/s1. The lowest BCUT2D eigenvalue weighted by molar-refractivity contribution is 0.418. The van der Waals surface area contributed by atoms with E-state index in [4.69, 9.17) is 0 Å². The average molecular weight is 324 g/mol. The van der Waals surface area contributed by atoms with Crippen molar-refractivity contribution in [1.82, 2.24) is 20.1 Å². The number of nitrogens with one attached hydrogen (secondary N) is 1. The van der Waals surface area contributed by atoms with Gasteiger partial charge in [0, 0.05) is 17.0 Å². The summed E-state index contributed by atoms with van der Waals surface area (Å²) < 4.78 is 1.78. The maximum absolute atomic E-state index is 4.16. The van der Waals surface area contributed by atoms with Crippen LogP contribution in [0.2, 0.25) is 0 Å². The summed E-state index contributed by atoms with van der Waals surface area (Å²) in [6, 6.07) is 11.6. The fraction of sp³-hybridized carbons (Fsp3) is 0.333. The molecular weight excluding hydrogens is 304 g/mol. The van der Waals surface area contributed by atoms with Gasteiger partial charge in [0.25, 0.3) is 0 Å². The van der Waals surface area contributed by atoms with Gasteiger partial charge in [-0.05, 0) is 60.9 Å². The molecule has 23 heavy (non-hydrogen) atoms. The highest BCUT2D eigenvalue weighted by Crippen LogP contribution is 2.34. The van der Waals surface area contributed by atoms with Gasteiger partial charge in [-0.2, -0.15) is 5.10 Å². The van der Waals surface area contributed by atoms with Crippen molar-refractivity contribution in [2.24, 2.45) is 0 Å². The normalized spacial score (nSPS) is 18.6. The van der Waals surface area contributed by atoms with E-state index in [9.17, 15) is 0 Å². The summed E-state index contributed by atoms with van der Waals surface area (Å²) >= 11 is 1.90. The molecule has 4 nitrogen and oxygen atoms in total. The van der Waals surface area contributed by atoms with E-state index in [1.165, 1.54) is 30.4 Å². The highest BCUT2D eigenvalue weighted by atomic mass is 32.1. The third-order valence-corrected chi connectivity index (χ3v) is 5.58. The number of rotatable bonds is 4. The molecule has 5 heteroatoms. The van der Waals surface area contributed by atoms with Crippen LogP contribution >= 0.6 is 11.3 Å². The molecule has 4 rings (SSSR count). The summed E-state index contributed by atoms with van der Waals surface area (Å²) in [5, 5.41) is 10.2. The zero-order chi connectivity index (χ0) is 15.6. The lowest BCUT2D eigenvalue weighted by atomic mass is 9.93. The average Bonchev–Trinajstić information content (AvgIpc) is 3.27. The van der Waals surface area contributed by atoms with E-state index in [1.807, 2.05) is 11.3 Å². The maximum atomic E-state index is 4.16. The van der Waals surface area contributed by atoms with Crippen molar-refractivity contribution in [3.63, 3.8) is 0 Å². The van der Waals surface area contributed by atoms with Crippen LogP contribution in [0.1, 0.15) is 47.9 Å². The van der Waals surface area contributed by atoms with Crippen molar-refractivity contribution < 1.29 is 0 Å². The molecule has 0 fully saturated rings. The van der Waals surface area contributed by atoms with Crippen LogP contribution in [0.3, 0.4) is 0 Å². The number of aryl methyl sites for hydroxylation is 1. The first-order valence-corrected chi connectivity index (χ1v) is 8.96. The smallest absolute Gasteiger partial charge is 0.138 e. The molecule has 0 radical (unpaired) electrons. The zero-order valence-corrected chi connectivity index (χ0v) is 14.0. The Morgan fingerprint density at radius 3 is 2.91 bits per heavy atom. The van der Waals surface area contributed by atoms with E-state index >= 15 is 0 Å². The van der Waals surface area contributed by atoms with Gasteiger partial charge < -0.3 is 5.32 Å². The molecule has 1 aliphatic rings. The van der Waals surface area contributed by atoms with Crippen molar-refractivity contribution in [3.8, 4) is 5.69 Å². The van der Waals surface area contributed by atoms with Crippen LogP contribution in [0.5, 0.6) is 0 Å². The van der Waals surface area contributed by atoms with E-state index < -0.39 is 0 Å². The highest BCUT2D eigenvalue weighted by Gasteiger charge is 2.22. The van der Waals surface area contributed by atoms with Gasteiger partial charge in [0.1, 0.15) is 12.7 Å². The third-order valence-electron chi connectivity index (χ3n) is 4.58. The van der Waals surface area contributed by atoms with Gasteiger partial charge in [0.2, 0.25) is 0 Å². The largest absolute Gasteiger partial charge is 0.303 e. The number of fused-ring (bicyclic) bond motifs is 1. The Labute approximate surface area is 140 Å². The minimum Gasteiger partial charge on any atom is -0.303 e. The van der Waals surface area contributed by atoms with Crippen LogP contribution in [-0.2, 0) is 6.42 Å². The van der Waals surface area contributed by atoms with Gasteiger partial charge in [0.05, 0.1) is 5.69 Å². The number of benzene rings is 1. The molecule has 3 aromatic rings. The fourth-order valence-corrected chi connectivity index (χ4v) is 4.30. The SMILES string of the molecule is C[C@H](N[C@@H]1CCCc2sccc21)c1ccc(-n2cncn2)cc1. The van der Waals surface area contributed by atoms with Gasteiger partial charge in [-0.15, -0.1) is 11.3 Å². The second kappa shape index (κ2) is 6.26.